The van der Waals surface area contributed by atoms with E-state index in [1.54, 1.807) is 34.6 Å². The molecule has 168 valence electrons. The van der Waals surface area contributed by atoms with Gasteiger partial charge in [-0.1, -0.05) is 6.07 Å². The molecular weight excluding hydrogens is 396 g/mol. The molecule has 1 aromatic carbocycles. The third-order valence-corrected chi connectivity index (χ3v) is 5.28. The van der Waals surface area contributed by atoms with Gasteiger partial charge in [0.05, 0.1) is 21.3 Å². The van der Waals surface area contributed by atoms with Gasteiger partial charge in [0, 0.05) is 31.9 Å². The molecule has 0 saturated heterocycles. The molecule has 1 aliphatic carbocycles. The first kappa shape index (κ1) is 22.5. The summed E-state index contributed by atoms with van der Waals surface area (Å²) in [4.78, 5) is 8.75. The van der Waals surface area contributed by atoms with Gasteiger partial charge in [0.2, 0.25) is 11.6 Å². The van der Waals surface area contributed by atoms with Crippen molar-refractivity contribution < 1.29 is 18.9 Å². The predicted octanol–water partition coefficient (Wildman–Crippen LogP) is 3.29. The summed E-state index contributed by atoms with van der Waals surface area (Å²) in [6.45, 7) is 1.10. The molecule has 0 amide bonds. The number of methoxy groups -OCH3 is 3. The lowest BCUT2D eigenvalue weighted by atomic mass is 10.2. The molecule has 2 N–H and O–H groups in total. The second-order valence-corrected chi connectivity index (χ2v) is 7.30. The number of ether oxygens (including phenoxy) is 4. The predicted molar refractivity (Wildman–Crippen MR) is 120 cm³/mol. The maximum Gasteiger partial charge on any atom is 0.218 e. The Balaban J connectivity index is 1.61. The zero-order valence-corrected chi connectivity index (χ0v) is 18.7. The molecule has 1 aliphatic rings. The second-order valence-electron chi connectivity index (χ2n) is 7.30. The summed E-state index contributed by atoms with van der Waals surface area (Å²) in [5.74, 6) is 3.17. The number of pyridine rings is 1. The Kier molecular flexibility index (Phi) is 8.20. The van der Waals surface area contributed by atoms with Gasteiger partial charge in [0.1, 0.15) is 6.10 Å². The van der Waals surface area contributed by atoms with Crippen molar-refractivity contribution in [3.05, 3.63) is 41.6 Å². The van der Waals surface area contributed by atoms with Crippen LogP contribution in [0, 0.1) is 0 Å². The number of hydrogen-bond donors (Lipinski definition) is 2. The number of hydrogen-bond acceptors (Lipinski definition) is 6. The standard InChI is InChI=1S/C23H32N4O4/c1-24-23(26-14-16-12-19(28-2)21(30-4)20(13-16)29-3)27-15-17-8-7-11-25-22(17)31-18-9-5-6-10-18/h7-8,11-13,18H,5-6,9-10,14-15H2,1-4H3,(H2,24,26,27). The Morgan fingerprint density at radius 2 is 1.71 bits per heavy atom. The maximum absolute atomic E-state index is 6.12. The molecule has 0 unspecified atom stereocenters. The molecule has 0 atom stereocenters. The Morgan fingerprint density at radius 3 is 2.32 bits per heavy atom. The molecule has 0 aliphatic heterocycles. The minimum Gasteiger partial charge on any atom is -0.493 e. The first-order valence-electron chi connectivity index (χ1n) is 10.5. The van der Waals surface area contributed by atoms with E-state index in [-0.39, 0.29) is 6.10 Å². The van der Waals surface area contributed by atoms with Crippen LogP contribution in [-0.4, -0.2) is 45.4 Å². The topological polar surface area (TPSA) is 86.2 Å². The van der Waals surface area contributed by atoms with E-state index in [0.717, 1.165) is 24.0 Å². The molecule has 8 heteroatoms. The lowest BCUT2D eigenvalue weighted by Crippen LogP contribution is -2.36. The minimum atomic E-state index is 0.270. The number of aliphatic imine (C=N–C) groups is 1. The third-order valence-electron chi connectivity index (χ3n) is 5.28. The van der Waals surface area contributed by atoms with Crippen LogP contribution in [0.2, 0.25) is 0 Å². The zero-order valence-electron chi connectivity index (χ0n) is 18.7. The molecule has 31 heavy (non-hydrogen) atoms. The number of guanidine groups is 1. The molecule has 3 rings (SSSR count). The van der Waals surface area contributed by atoms with Crippen molar-refractivity contribution in [3.8, 4) is 23.1 Å². The molecule has 1 aromatic heterocycles. The van der Waals surface area contributed by atoms with Crippen LogP contribution in [0.5, 0.6) is 23.1 Å². The van der Waals surface area contributed by atoms with Crippen molar-refractivity contribution in [2.24, 2.45) is 4.99 Å². The second kappa shape index (κ2) is 11.3. The number of benzene rings is 1. The zero-order chi connectivity index (χ0) is 22.1. The van der Waals surface area contributed by atoms with E-state index in [0.29, 0.717) is 42.2 Å². The highest BCUT2D eigenvalue weighted by atomic mass is 16.5. The highest BCUT2D eigenvalue weighted by Crippen LogP contribution is 2.38. The van der Waals surface area contributed by atoms with E-state index in [1.165, 1.54) is 12.8 Å². The van der Waals surface area contributed by atoms with Crippen LogP contribution < -0.4 is 29.6 Å². The fourth-order valence-corrected chi connectivity index (χ4v) is 3.65. The quantitative estimate of drug-likeness (QED) is 0.468. The van der Waals surface area contributed by atoms with Gasteiger partial charge in [-0.15, -0.1) is 0 Å². The number of nitrogens with zero attached hydrogens (tertiary/aromatic N) is 2. The van der Waals surface area contributed by atoms with Gasteiger partial charge in [-0.2, -0.15) is 0 Å². The first-order valence-corrected chi connectivity index (χ1v) is 10.5. The summed E-state index contributed by atoms with van der Waals surface area (Å²) < 4.78 is 22.4. The molecule has 1 saturated carbocycles. The highest BCUT2D eigenvalue weighted by molar-refractivity contribution is 5.79. The average Bonchev–Trinajstić information content (AvgIpc) is 3.32. The van der Waals surface area contributed by atoms with Crippen LogP contribution in [0.4, 0.5) is 0 Å². The van der Waals surface area contributed by atoms with E-state index in [1.807, 2.05) is 24.3 Å². The van der Waals surface area contributed by atoms with Crippen molar-refractivity contribution in [1.29, 1.82) is 0 Å². The Hall–Kier alpha value is -3.16. The molecule has 1 heterocycles. The summed E-state index contributed by atoms with van der Waals surface area (Å²) in [7, 11) is 6.54. The van der Waals surface area contributed by atoms with E-state index < -0.39 is 0 Å². The van der Waals surface area contributed by atoms with E-state index >= 15 is 0 Å². The monoisotopic (exact) mass is 428 g/mol. The first-order chi connectivity index (χ1) is 15.2. The van der Waals surface area contributed by atoms with Crippen LogP contribution in [0.3, 0.4) is 0 Å². The van der Waals surface area contributed by atoms with E-state index in [2.05, 4.69) is 20.6 Å². The van der Waals surface area contributed by atoms with Gasteiger partial charge in [-0.05, 0) is 49.4 Å². The third kappa shape index (κ3) is 5.93. The van der Waals surface area contributed by atoms with E-state index in [4.69, 9.17) is 18.9 Å². The average molecular weight is 429 g/mol. The molecule has 0 spiro atoms. The lowest BCUT2D eigenvalue weighted by molar-refractivity contribution is 0.199. The Morgan fingerprint density at radius 1 is 1.03 bits per heavy atom. The van der Waals surface area contributed by atoms with Crippen LogP contribution in [0.15, 0.2) is 35.5 Å². The molecule has 2 aromatic rings. The van der Waals surface area contributed by atoms with Gasteiger partial charge in [0.25, 0.3) is 0 Å². The smallest absolute Gasteiger partial charge is 0.218 e. The summed E-state index contributed by atoms with van der Waals surface area (Å²) in [6, 6.07) is 7.77. The van der Waals surface area contributed by atoms with Crippen LogP contribution in [-0.2, 0) is 13.1 Å². The number of rotatable bonds is 9. The Labute approximate surface area is 184 Å². The van der Waals surface area contributed by atoms with Crippen LogP contribution in [0.25, 0.3) is 0 Å². The van der Waals surface area contributed by atoms with Crippen molar-refractivity contribution in [2.45, 2.75) is 44.9 Å². The van der Waals surface area contributed by atoms with Gasteiger partial charge in [-0.3, -0.25) is 4.99 Å². The highest BCUT2D eigenvalue weighted by Gasteiger charge is 2.18. The van der Waals surface area contributed by atoms with Crippen molar-refractivity contribution in [3.63, 3.8) is 0 Å². The fraction of sp³-hybridized carbons (Fsp3) is 0.478. The molecular formula is C23H32N4O4. The SMILES string of the molecule is CN=C(NCc1cc(OC)c(OC)c(OC)c1)NCc1cccnc1OC1CCCC1. The van der Waals surface area contributed by atoms with Gasteiger partial charge < -0.3 is 29.6 Å². The molecule has 0 radical (unpaired) electrons. The van der Waals surface area contributed by atoms with Crippen molar-refractivity contribution in [2.75, 3.05) is 28.4 Å². The van der Waals surface area contributed by atoms with E-state index in [9.17, 15) is 0 Å². The number of aromatic nitrogens is 1. The summed E-state index contributed by atoms with van der Waals surface area (Å²) in [5.41, 5.74) is 1.98. The Bertz CT molecular complexity index is 857. The summed E-state index contributed by atoms with van der Waals surface area (Å²) >= 11 is 0. The lowest BCUT2D eigenvalue weighted by Gasteiger charge is -2.17. The van der Waals surface area contributed by atoms with Crippen molar-refractivity contribution >= 4 is 5.96 Å². The normalized spacial score (nSPS) is 14.3. The maximum atomic E-state index is 6.12. The van der Waals surface area contributed by atoms with Gasteiger partial charge in [0.15, 0.2) is 17.5 Å². The summed E-state index contributed by atoms with van der Waals surface area (Å²) in [5, 5.41) is 6.65. The molecule has 8 nitrogen and oxygen atoms in total. The van der Waals surface area contributed by atoms with Crippen LogP contribution in [0.1, 0.15) is 36.8 Å². The largest absolute Gasteiger partial charge is 0.493 e. The number of nitrogens with one attached hydrogen (secondary N) is 2. The van der Waals surface area contributed by atoms with Gasteiger partial charge in [-0.25, -0.2) is 4.98 Å². The van der Waals surface area contributed by atoms with Crippen LogP contribution >= 0.6 is 0 Å². The molecule has 1 fully saturated rings. The molecule has 0 bridgehead atoms. The summed E-state index contributed by atoms with van der Waals surface area (Å²) in [6.07, 6.45) is 6.69. The van der Waals surface area contributed by atoms with Gasteiger partial charge >= 0.3 is 0 Å². The van der Waals surface area contributed by atoms with Crippen molar-refractivity contribution in [1.82, 2.24) is 15.6 Å². The minimum absolute atomic E-state index is 0.270. The fourth-order valence-electron chi connectivity index (χ4n) is 3.65.